The highest BCUT2D eigenvalue weighted by molar-refractivity contribution is 5.56. The first-order valence-electron chi connectivity index (χ1n) is 7.04. The number of imidazole rings is 1. The highest BCUT2D eigenvalue weighted by atomic mass is 16.5. The first kappa shape index (κ1) is 14.7. The maximum atomic E-state index is 5.67. The van der Waals surface area contributed by atoms with Crippen LogP contribution in [0.5, 0.6) is 0 Å². The molecule has 2 heterocycles. The average molecular weight is 273 g/mol. The van der Waals surface area contributed by atoms with Crippen LogP contribution in [0.3, 0.4) is 0 Å². The van der Waals surface area contributed by atoms with Crippen LogP contribution in [0.15, 0.2) is 37.1 Å². The molecule has 0 aromatic carbocycles. The van der Waals surface area contributed by atoms with Crippen molar-refractivity contribution in [1.29, 1.82) is 0 Å². The van der Waals surface area contributed by atoms with E-state index < -0.39 is 0 Å². The minimum absolute atomic E-state index is 0.239. The predicted molar refractivity (Wildman–Crippen MR) is 80.3 cm³/mol. The van der Waals surface area contributed by atoms with Crippen molar-refractivity contribution in [3.05, 3.63) is 37.1 Å². The second kappa shape index (κ2) is 6.66. The van der Waals surface area contributed by atoms with E-state index in [1.165, 1.54) is 0 Å². The van der Waals surface area contributed by atoms with E-state index >= 15 is 0 Å². The standard InChI is InChI=1S/C16H23N3O/c1-16(2,3)12-20-9-5-8-19-11-15(18-13-19)14-6-4-7-17-10-14/h4,6-7,10-11,13H,5,8-9,12H2,1-3H3. The number of aryl methyl sites for hydroxylation is 1. The highest BCUT2D eigenvalue weighted by Gasteiger charge is 2.09. The fraction of sp³-hybridized carbons (Fsp3) is 0.500. The lowest BCUT2D eigenvalue weighted by atomic mass is 9.99. The van der Waals surface area contributed by atoms with Crippen molar-refractivity contribution in [2.45, 2.75) is 33.7 Å². The fourth-order valence-electron chi connectivity index (χ4n) is 1.87. The quantitative estimate of drug-likeness (QED) is 0.757. The monoisotopic (exact) mass is 273 g/mol. The zero-order valence-electron chi connectivity index (χ0n) is 12.5. The first-order chi connectivity index (χ1) is 9.54. The van der Waals surface area contributed by atoms with Crippen LogP contribution in [-0.2, 0) is 11.3 Å². The molecule has 0 N–H and O–H groups in total. The van der Waals surface area contributed by atoms with Crippen molar-refractivity contribution in [3.8, 4) is 11.3 Å². The van der Waals surface area contributed by atoms with Gasteiger partial charge < -0.3 is 9.30 Å². The lowest BCUT2D eigenvalue weighted by Gasteiger charge is -2.17. The normalized spacial score (nSPS) is 11.8. The molecule has 0 radical (unpaired) electrons. The molecule has 0 aliphatic rings. The molecule has 0 bridgehead atoms. The van der Waals surface area contributed by atoms with Crippen LogP contribution in [0.2, 0.25) is 0 Å². The van der Waals surface area contributed by atoms with Gasteiger partial charge in [0, 0.05) is 37.3 Å². The van der Waals surface area contributed by atoms with Crippen molar-refractivity contribution in [2.24, 2.45) is 5.41 Å². The Morgan fingerprint density at radius 3 is 2.85 bits per heavy atom. The minimum Gasteiger partial charge on any atom is -0.381 e. The number of aromatic nitrogens is 3. The summed E-state index contributed by atoms with van der Waals surface area (Å²) in [4.78, 5) is 8.52. The van der Waals surface area contributed by atoms with Crippen LogP contribution in [0.25, 0.3) is 11.3 Å². The van der Waals surface area contributed by atoms with Gasteiger partial charge in [0.15, 0.2) is 0 Å². The van der Waals surface area contributed by atoms with Gasteiger partial charge in [0.05, 0.1) is 18.6 Å². The van der Waals surface area contributed by atoms with E-state index in [4.69, 9.17) is 4.74 Å². The summed E-state index contributed by atoms with van der Waals surface area (Å²) in [7, 11) is 0. The van der Waals surface area contributed by atoms with E-state index in [0.29, 0.717) is 0 Å². The molecule has 0 atom stereocenters. The molecule has 2 aromatic heterocycles. The molecular formula is C16H23N3O. The fourth-order valence-corrected chi connectivity index (χ4v) is 1.87. The van der Waals surface area contributed by atoms with E-state index in [9.17, 15) is 0 Å². The number of nitrogens with zero attached hydrogens (tertiary/aromatic N) is 3. The molecule has 108 valence electrons. The third kappa shape index (κ3) is 4.78. The Hall–Kier alpha value is -1.68. The Labute approximate surface area is 120 Å². The maximum Gasteiger partial charge on any atom is 0.0953 e. The molecule has 20 heavy (non-hydrogen) atoms. The van der Waals surface area contributed by atoms with Gasteiger partial charge in [0.2, 0.25) is 0 Å². The molecule has 0 unspecified atom stereocenters. The first-order valence-corrected chi connectivity index (χ1v) is 7.04. The molecular weight excluding hydrogens is 250 g/mol. The predicted octanol–water partition coefficient (Wildman–Crippen LogP) is 3.40. The molecule has 4 heteroatoms. The van der Waals surface area contributed by atoms with Crippen LogP contribution in [0.1, 0.15) is 27.2 Å². The maximum absolute atomic E-state index is 5.67. The van der Waals surface area contributed by atoms with Crippen LogP contribution in [0, 0.1) is 5.41 Å². The number of hydrogen-bond donors (Lipinski definition) is 0. The minimum atomic E-state index is 0.239. The Morgan fingerprint density at radius 2 is 2.15 bits per heavy atom. The largest absolute Gasteiger partial charge is 0.381 e. The number of pyridine rings is 1. The zero-order chi connectivity index (χ0) is 14.4. The zero-order valence-corrected chi connectivity index (χ0v) is 12.5. The summed E-state index contributed by atoms with van der Waals surface area (Å²) >= 11 is 0. The SMILES string of the molecule is CC(C)(C)COCCCn1cnc(-c2cccnc2)c1. The Morgan fingerprint density at radius 1 is 1.30 bits per heavy atom. The molecule has 2 aromatic rings. The summed E-state index contributed by atoms with van der Waals surface area (Å²) in [5, 5.41) is 0. The second-order valence-corrected chi connectivity index (χ2v) is 6.21. The van der Waals surface area contributed by atoms with Gasteiger partial charge in [0.1, 0.15) is 0 Å². The van der Waals surface area contributed by atoms with Gasteiger partial charge in [-0.2, -0.15) is 0 Å². The van der Waals surface area contributed by atoms with Crippen LogP contribution < -0.4 is 0 Å². The number of rotatable bonds is 6. The average Bonchev–Trinajstić information content (AvgIpc) is 2.87. The second-order valence-electron chi connectivity index (χ2n) is 6.21. The summed E-state index contributed by atoms with van der Waals surface area (Å²) in [5.74, 6) is 0. The molecule has 0 amide bonds. The van der Waals surface area contributed by atoms with Gasteiger partial charge in [-0.15, -0.1) is 0 Å². The topological polar surface area (TPSA) is 39.9 Å². The molecule has 0 aliphatic heterocycles. The molecule has 0 fully saturated rings. The molecule has 0 spiro atoms. The molecule has 0 aliphatic carbocycles. The van der Waals surface area contributed by atoms with E-state index in [-0.39, 0.29) is 5.41 Å². The van der Waals surface area contributed by atoms with Gasteiger partial charge in [-0.1, -0.05) is 20.8 Å². The van der Waals surface area contributed by atoms with Crippen molar-refractivity contribution >= 4 is 0 Å². The Bertz CT molecular complexity index is 514. The number of hydrogen-bond acceptors (Lipinski definition) is 3. The molecule has 0 saturated heterocycles. The summed E-state index contributed by atoms with van der Waals surface area (Å²) in [6.07, 6.45) is 8.53. The summed E-state index contributed by atoms with van der Waals surface area (Å²) in [6, 6.07) is 3.95. The van der Waals surface area contributed by atoms with Gasteiger partial charge in [-0.25, -0.2) is 4.98 Å². The summed E-state index contributed by atoms with van der Waals surface area (Å²) in [5.41, 5.74) is 2.26. The van der Waals surface area contributed by atoms with Crippen LogP contribution in [-0.4, -0.2) is 27.7 Å². The van der Waals surface area contributed by atoms with Gasteiger partial charge >= 0.3 is 0 Å². The van der Waals surface area contributed by atoms with E-state index in [2.05, 4.69) is 41.5 Å². The van der Waals surface area contributed by atoms with Gasteiger partial charge in [-0.3, -0.25) is 4.98 Å². The van der Waals surface area contributed by atoms with Crippen molar-refractivity contribution in [3.63, 3.8) is 0 Å². The third-order valence-electron chi connectivity index (χ3n) is 2.83. The van der Waals surface area contributed by atoms with Crippen molar-refractivity contribution < 1.29 is 4.74 Å². The Kier molecular flexibility index (Phi) is 4.90. The lowest BCUT2D eigenvalue weighted by Crippen LogP contribution is -2.15. The van der Waals surface area contributed by atoms with Crippen LogP contribution >= 0.6 is 0 Å². The van der Waals surface area contributed by atoms with E-state index in [1.807, 2.05) is 24.7 Å². The van der Waals surface area contributed by atoms with Crippen LogP contribution in [0.4, 0.5) is 0 Å². The van der Waals surface area contributed by atoms with E-state index in [1.54, 1.807) is 6.20 Å². The smallest absolute Gasteiger partial charge is 0.0953 e. The Balaban J connectivity index is 1.76. The van der Waals surface area contributed by atoms with Gasteiger partial charge in [0.25, 0.3) is 0 Å². The third-order valence-corrected chi connectivity index (χ3v) is 2.83. The highest BCUT2D eigenvalue weighted by Crippen LogP contribution is 2.15. The van der Waals surface area contributed by atoms with Gasteiger partial charge in [-0.05, 0) is 24.0 Å². The van der Waals surface area contributed by atoms with Crippen molar-refractivity contribution in [2.75, 3.05) is 13.2 Å². The van der Waals surface area contributed by atoms with Crippen molar-refractivity contribution in [1.82, 2.24) is 14.5 Å². The van der Waals surface area contributed by atoms with E-state index in [0.717, 1.165) is 37.4 Å². The summed E-state index contributed by atoms with van der Waals surface area (Å²) < 4.78 is 7.77. The number of ether oxygens (including phenoxy) is 1. The molecule has 4 nitrogen and oxygen atoms in total. The molecule has 2 rings (SSSR count). The molecule has 0 saturated carbocycles. The lowest BCUT2D eigenvalue weighted by molar-refractivity contribution is 0.0679. The summed E-state index contributed by atoms with van der Waals surface area (Å²) in [6.45, 7) is 9.07.